The van der Waals surface area contributed by atoms with Crippen molar-refractivity contribution in [3.63, 3.8) is 0 Å². The maximum Gasteiger partial charge on any atom is 0.120 e. The van der Waals surface area contributed by atoms with Crippen molar-refractivity contribution in [2.45, 2.75) is 50.3 Å². The molecular weight excluding hydrogens is 260 g/mol. The molecule has 3 atom stereocenters. The van der Waals surface area contributed by atoms with Gasteiger partial charge in [0.2, 0.25) is 0 Å². The summed E-state index contributed by atoms with van der Waals surface area (Å²) in [6.45, 7) is 3.69. The number of fused-ring (bicyclic) bond motifs is 2. The fourth-order valence-corrected chi connectivity index (χ4v) is 3.44. The fraction of sp³-hybridized carbons (Fsp3) is 0.444. The molecular formula is C18H24N2O. The van der Waals surface area contributed by atoms with E-state index in [4.69, 9.17) is 10.5 Å². The molecule has 0 spiro atoms. The predicted octanol–water partition coefficient (Wildman–Crippen LogP) is 3.52. The normalized spacial score (nSPS) is 28.5. The first-order valence-electron chi connectivity index (χ1n) is 7.86. The minimum absolute atomic E-state index is 0.321. The van der Waals surface area contributed by atoms with Crippen LogP contribution in [0.15, 0.2) is 36.9 Å². The van der Waals surface area contributed by atoms with E-state index in [-0.39, 0.29) is 0 Å². The summed E-state index contributed by atoms with van der Waals surface area (Å²) in [5.74, 6) is 0.915. The summed E-state index contributed by atoms with van der Waals surface area (Å²) < 4.78 is 6.21. The summed E-state index contributed by atoms with van der Waals surface area (Å²) in [7, 11) is 0. The molecule has 112 valence electrons. The van der Waals surface area contributed by atoms with Crippen LogP contribution in [0.5, 0.6) is 5.75 Å². The number of hydrogen-bond acceptors (Lipinski definition) is 3. The van der Waals surface area contributed by atoms with E-state index in [2.05, 4.69) is 11.9 Å². The van der Waals surface area contributed by atoms with E-state index in [1.165, 1.54) is 19.3 Å². The summed E-state index contributed by atoms with van der Waals surface area (Å²) in [6, 6.07) is 7.18. The highest BCUT2D eigenvalue weighted by atomic mass is 16.5. The predicted molar refractivity (Wildman–Crippen MR) is 88.3 cm³/mol. The van der Waals surface area contributed by atoms with Gasteiger partial charge in [-0.3, -0.25) is 0 Å². The van der Waals surface area contributed by atoms with Crippen LogP contribution in [0.2, 0.25) is 0 Å². The first-order chi connectivity index (χ1) is 10.2. The summed E-state index contributed by atoms with van der Waals surface area (Å²) in [5.41, 5.74) is 7.74. The third-order valence-corrected chi connectivity index (χ3v) is 4.44. The lowest BCUT2D eigenvalue weighted by Gasteiger charge is -2.40. The summed E-state index contributed by atoms with van der Waals surface area (Å²) in [4.78, 5) is 0. The molecule has 2 aliphatic heterocycles. The van der Waals surface area contributed by atoms with Gasteiger partial charge in [0.05, 0.1) is 0 Å². The molecule has 0 saturated carbocycles. The Kier molecular flexibility index (Phi) is 4.30. The molecule has 3 N–H and O–H groups in total. The van der Waals surface area contributed by atoms with E-state index in [0.29, 0.717) is 18.2 Å². The van der Waals surface area contributed by atoms with Gasteiger partial charge in [-0.1, -0.05) is 31.2 Å². The van der Waals surface area contributed by atoms with Gasteiger partial charge < -0.3 is 15.8 Å². The molecule has 0 aliphatic carbocycles. The molecule has 0 amide bonds. The Hall–Kier alpha value is -1.74. The van der Waals surface area contributed by atoms with Crippen molar-refractivity contribution in [2.24, 2.45) is 0 Å². The molecule has 2 aliphatic rings. The third kappa shape index (κ3) is 3.48. The Morgan fingerprint density at radius 2 is 2.00 bits per heavy atom. The van der Waals surface area contributed by atoms with E-state index in [1.807, 2.05) is 30.4 Å². The lowest BCUT2D eigenvalue weighted by molar-refractivity contribution is 0.0927. The minimum Gasteiger partial charge on any atom is -0.490 e. The van der Waals surface area contributed by atoms with Gasteiger partial charge >= 0.3 is 0 Å². The summed E-state index contributed by atoms with van der Waals surface area (Å²) in [5, 5.41) is 3.69. The molecule has 3 nitrogen and oxygen atoms in total. The van der Waals surface area contributed by atoms with Crippen molar-refractivity contribution in [3.05, 3.63) is 42.5 Å². The highest BCUT2D eigenvalue weighted by Gasteiger charge is 2.32. The van der Waals surface area contributed by atoms with E-state index < -0.39 is 0 Å². The molecule has 2 heterocycles. The summed E-state index contributed by atoms with van der Waals surface area (Å²) in [6.07, 6.45) is 12.1. The number of piperidine rings is 2. The second-order valence-electron chi connectivity index (χ2n) is 6.09. The number of nitrogen functional groups attached to an aromatic ring is 1. The number of nitrogens with one attached hydrogen (secondary N) is 1. The van der Waals surface area contributed by atoms with Crippen LogP contribution < -0.4 is 15.8 Å². The first kappa shape index (κ1) is 14.2. The van der Waals surface area contributed by atoms with Gasteiger partial charge in [-0.15, -0.1) is 0 Å². The molecule has 1 unspecified atom stereocenters. The number of ether oxygens (including phenoxy) is 1. The van der Waals surface area contributed by atoms with Crippen molar-refractivity contribution in [1.29, 1.82) is 0 Å². The van der Waals surface area contributed by atoms with Crippen LogP contribution in [0.25, 0.3) is 6.08 Å². The molecule has 3 rings (SSSR count). The molecule has 0 aromatic heterocycles. The van der Waals surface area contributed by atoms with Gasteiger partial charge in [0.15, 0.2) is 0 Å². The second kappa shape index (κ2) is 6.35. The molecule has 3 heteroatoms. The number of nitrogens with two attached hydrogens (primary N) is 1. The largest absolute Gasteiger partial charge is 0.490 e. The smallest absolute Gasteiger partial charge is 0.120 e. The van der Waals surface area contributed by atoms with Crippen LogP contribution in [-0.4, -0.2) is 18.2 Å². The average Bonchev–Trinajstić information content (AvgIpc) is 2.47. The van der Waals surface area contributed by atoms with Gasteiger partial charge in [0, 0.05) is 23.3 Å². The Morgan fingerprint density at radius 1 is 1.24 bits per heavy atom. The Morgan fingerprint density at radius 3 is 2.71 bits per heavy atom. The van der Waals surface area contributed by atoms with Crippen molar-refractivity contribution >= 4 is 11.8 Å². The van der Waals surface area contributed by atoms with Crippen LogP contribution in [-0.2, 0) is 0 Å². The van der Waals surface area contributed by atoms with Gasteiger partial charge in [-0.2, -0.15) is 0 Å². The summed E-state index contributed by atoms with van der Waals surface area (Å²) >= 11 is 0. The van der Waals surface area contributed by atoms with Crippen molar-refractivity contribution in [1.82, 2.24) is 5.32 Å². The first-order valence-corrected chi connectivity index (χ1v) is 7.86. The van der Waals surface area contributed by atoms with Crippen LogP contribution in [0.3, 0.4) is 0 Å². The van der Waals surface area contributed by atoms with Crippen LogP contribution in [0, 0.1) is 0 Å². The van der Waals surface area contributed by atoms with Crippen LogP contribution in [0.4, 0.5) is 5.69 Å². The molecule has 2 saturated heterocycles. The van der Waals surface area contributed by atoms with Crippen molar-refractivity contribution in [3.8, 4) is 5.75 Å². The van der Waals surface area contributed by atoms with Gasteiger partial charge in [-0.25, -0.2) is 0 Å². The van der Waals surface area contributed by atoms with Crippen molar-refractivity contribution < 1.29 is 4.74 Å². The lowest BCUT2D eigenvalue weighted by Crippen LogP contribution is -2.51. The fourth-order valence-electron chi connectivity index (χ4n) is 3.44. The molecule has 1 aromatic rings. The SMILES string of the molecule is C=C/C=C\c1cc(OC2C[C@H]3CCC[C@@H](C2)N3)ccc1N. The molecule has 21 heavy (non-hydrogen) atoms. The molecule has 1 aromatic carbocycles. The zero-order valence-corrected chi connectivity index (χ0v) is 12.4. The standard InChI is InChI=1S/C18H24N2O/c1-2-3-5-13-10-16(8-9-18(13)19)21-17-11-14-6-4-7-15(12-17)20-14/h2-3,5,8-10,14-15,17,20H,1,4,6-7,11-12,19H2/b5-3-/t14-,15+,17?. The average molecular weight is 284 g/mol. The topological polar surface area (TPSA) is 47.3 Å². The zero-order chi connectivity index (χ0) is 14.7. The van der Waals surface area contributed by atoms with Gasteiger partial charge in [0.25, 0.3) is 0 Å². The Labute approximate surface area is 126 Å². The van der Waals surface area contributed by atoms with Crippen molar-refractivity contribution in [2.75, 3.05) is 5.73 Å². The third-order valence-electron chi connectivity index (χ3n) is 4.44. The van der Waals surface area contributed by atoms with Crippen LogP contribution >= 0.6 is 0 Å². The molecule has 0 radical (unpaired) electrons. The lowest BCUT2D eigenvalue weighted by atomic mass is 9.85. The second-order valence-corrected chi connectivity index (χ2v) is 6.09. The highest BCUT2D eigenvalue weighted by molar-refractivity contribution is 5.66. The Balaban J connectivity index is 1.69. The monoisotopic (exact) mass is 284 g/mol. The Bertz CT molecular complexity index is 526. The number of hydrogen-bond donors (Lipinski definition) is 2. The number of anilines is 1. The van der Waals surface area contributed by atoms with Gasteiger partial charge in [0.1, 0.15) is 11.9 Å². The van der Waals surface area contributed by atoms with E-state index >= 15 is 0 Å². The highest BCUT2D eigenvalue weighted by Crippen LogP contribution is 2.30. The van der Waals surface area contributed by atoms with E-state index in [0.717, 1.165) is 29.8 Å². The van der Waals surface area contributed by atoms with Crippen LogP contribution in [0.1, 0.15) is 37.7 Å². The quantitative estimate of drug-likeness (QED) is 0.657. The minimum atomic E-state index is 0.321. The molecule has 2 bridgehead atoms. The van der Waals surface area contributed by atoms with Gasteiger partial charge in [-0.05, 0) is 43.9 Å². The number of allylic oxidation sites excluding steroid dienone is 2. The molecule has 2 fully saturated rings. The maximum atomic E-state index is 6.21. The van der Waals surface area contributed by atoms with E-state index in [9.17, 15) is 0 Å². The maximum absolute atomic E-state index is 6.21. The number of benzene rings is 1. The van der Waals surface area contributed by atoms with E-state index in [1.54, 1.807) is 6.08 Å². The number of rotatable bonds is 4. The zero-order valence-electron chi connectivity index (χ0n) is 12.4.